The minimum atomic E-state index is -2.29. The number of aliphatic hydroxyl groups is 1. The third-order valence-corrected chi connectivity index (χ3v) is 5.69. The molecule has 1 fully saturated rings. The number of nitrogens with zero attached hydrogens (tertiary/aromatic N) is 1. The van der Waals surface area contributed by atoms with E-state index in [-0.39, 0.29) is 5.92 Å². The van der Waals surface area contributed by atoms with E-state index < -0.39 is 42.9 Å². The summed E-state index contributed by atoms with van der Waals surface area (Å²) in [5.41, 5.74) is -0.743. The Kier molecular flexibility index (Phi) is 5.54. The fourth-order valence-electron chi connectivity index (χ4n) is 3.20. The number of nitrogens with one attached hydrogen (secondary N) is 1. The van der Waals surface area contributed by atoms with Crippen molar-refractivity contribution in [2.24, 2.45) is 5.92 Å². The van der Waals surface area contributed by atoms with Gasteiger partial charge in [0.25, 0.3) is 5.56 Å². The van der Waals surface area contributed by atoms with Crippen molar-refractivity contribution >= 4 is 7.14 Å². The van der Waals surface area contributed by atoms with E-state index in [1.807, 2.05) is 6.92 Å². The van der Waals surface area contributed by atoms with E-state index in [4.69, 9.17) is 9.47 Å². The largest absolute Gasteiger partial charge is 0.387 e. The molecule has 0 bridgehead atoms. The molecular formula is C15H25N2O6P. The van der Waals surface area contributed by atoms with Gasteiger partial charge < -0.3 is 19.1 Å². The van der Waals surface area contributed by atoms with Gasteiger partial charge in [-0.2, -0.15) is 0 Å². The maximum atomic E-state index is 12.1. The van der Waals surface area contributed by atoms with Crippen molar-refractivity contribution in [1.29, 1.82) is 0 Å². The van der Waals surface area contributed by atoms with Crippen LogP contribution in [0.25, 0.3) is 0 Å². The number of aromatic amines is 1. The lowest BCUT2D eigenvalue weighted by Crippen LogP contribution is -2.39. The van der Waals surface area contributed by atoms with Gasteiger partial charge in [-0.25, -0.2) is 4.79 Å². The van der Waals surface area contributed by atoms with E-state index in [0.29, 0.717) is 11.7 Å². The number of hydrogen-bond acceptors (Lipinski definition) is 6. The number of aryl methyl sites for hydroxylation is 1. The van der Waals surface area contributed by atoms with Crippen molar-refractivity contribution in [1.82, 2.24) is 9.55 Å². The normalized spacial score (nSPS) is 28.9. The molecule has 5 atom stereocenters. The van der Waals surface area contributed by atoms with Crippen LogP contribution in [0.5, 0.6) is 0 Å². The number of H-pyrrole nitrogens is 1. The fourth-order valence-corrected chi connectivity index (χ4v) is 4.79. The van der Waals surface area contributed by atoms with Crippen LogP contribution in [-0.2, 0) is 14.0 Å². The molecule has 9 heteroatoms. The van der Waals surface area contributed by atoms with E-state index in [9.17, 15) is 19.3 Å². The third kappa shape index (κ3) is 3.88. The molecule has 1 aliphatic rings. The zero-order chi connectivity index (χ0) is 18.2. The SMILES string of the molecule is CO[C@@H]1[C@H](O)C([C@H](C)CP(C)(C)=O)O[C@H]1n1cc(C)c(=O)[nH]c1=O. The summed E-state index contributed by atoms with van der Waals surface area (Å²) in [7, 11) is -0.871. The van der Waals surface area contributed by atoms with Crippen molar-refractivity contribution < 1.29 is 19.1 Å². The number of hydrogen-bond donors (Lipinski definition) is 2. The van der Waals surface area contributed by atoms with Gasteiger partial charge in [0.1, 0.15) is 12.2 Å². The second-order valence-corrected chi connectivity index (χ2v) is 10.4. The Morgan fingerprint density at radius 1 is 1.46 bits per heavy atom. The second kappa shape index (κ2) is 6.96. The second-order valence-electron chi connectivity index (χ2n) is 6.89. The van der Waals surface area contributed by atoms with Crippen molar-refractivity contribution in [3.05, 3.63) is 32.6 Å². The van der Waals surface area contributed by atoms with Crippen LogP contribution in [0.15, 0.2) is 15.8 Å². The van der Waals surface area contributed by atoms with Crippen LogP contribution >= 0.6 is 7.14 Å². The topological polar surface area (TPSA) is 111 Å². The van der Waals surface area contributed by atoms with Gasteiger partial charge in [-0.15, -0.1) is 0 Å². The van der Waals surface area contributed by atoms with Crippen LogP contribution < -0.4 is 11.2 Å². The fraction of sp³-hybridized carbons (Fsp3) is 0.733. The predicted octanol–water partition coefficient (Wildman–Crippen LogP) is 0.377. The van der Waals surface area contributed by atoms with Crippen molar-refractivity contribution in [2.75, 3.05) is 26.6 Å². The lowest BCUT2D eigenvalue weighted by Gasteiger charge is -2.23. The number of ether oxygens (including phenoxy) is 2. The molecule has 1 saturated heterocycles. The van der Waals surface area contributed by atoms with Gasteiger partial charge in [0.15, 0.2) is 6.23 Å². The lowest BCUT2D eigenvalue weighted by molar-refractivity contribution is -0.0615. The van der Waals surface area contributed by atoms with Crippen LogP contribution in [-0.4, -0.2) is 59.6 Å². The van der Waals surface area contributed by atoms with Crippen molar-refractivity contribution in [3.8, 4) is 0 Å². The molecule has 24 heavy (non-hydrogen) atoms. The number of methoxy groups -OCH3 is 1. The maximum Gasteiger partial charge on any atom is 0.330 e. The molecule has 0 aromatic carbocycles. The van der Waals surface area contributed by atoms with Gasteiger partial charge >= 0.3 is 5.69 Å². The molecule has 1 aliphatic heterocycles. The highest BCUT2D eigenvalue weighted by Crippen LogP contribution is 2.42. The smallest absolute Gasteiger partial charge is 0.330 e. The molecule has 1 aromatic rings. The zero-order valence-electron chi connectivity index (χ0n) is 14.6. The van der Waals surface area contributed by atoms with Gasteiger partial charge in [0.05, 0.1) is 13.2 Å². The molecule has 1 aromatic heterocycles. The zero-order valence-corrected chi connectivity index (χ0v) is 15.4. The maximum absolute atomic E-state index is 12.1. The summed E-state index contributed by atoms with van der Waals surface area (Å²) >= 11 is 0. The van der Waals surface area contributed by atoms with Crippen LogP contribution in [0.2, 0.25) is 0 Å². The number of aromatic nitrogens is 2. The quantitative estimate of drug-likeness (QED) is 0.735. The molecule has 2 heterocycles. The Labute approximate surface area is 140 Å². The molecular weight excluding hydrogens is 335 g/mol. The molecule has 2 N–H and O–H groups in total. The summed E-state index contributed by atoms with van der Waals surface area (Å²) in [6.45, 7) is 6.80. The van der Waals surface area contributed by atoms with Crippen LogP contribution in [0.4, 0.5) is 0 Å². The summed E-state index contributed by atoms with van der Waals surface area (Å²) in [4.78, 5) is 25.8. The van der Waals surface area contributed by atoms with E-state index in [2.05, 4.69) is 4.98 Å². The monoisotopic (exact) mass is 360 g/mol. The Hall–Kier alpha value is -1.21. The summed E-state index contributed by atoms with van der Waals surface area (Å²) < 4.78 is 24.5. The molecule has 0 aliphatic carbocycles. The summed E-state index contributed by atoms with van der Waals surface area (Å²) in [6, 6.07) is 0. The summed E-state index contributed by atoms with van der Waals surface area (Å²) in [5, 5.41) is 10.5. The Balaban J connectivity index is 2.35. The van der Waals surface area contributed by atoms with Crippen LogP contribution in [0, 0.1) is 12.8 Å². The molecule has 0 spiro atoms. The Morgan fingerprint density at radius 3 is 2.62 bits per heavy atom. The van der Waals surface area contributed by atoms with Crippen LogP contribution in [0.3, 0.4) is 0 Å². The molecule has 0 amide bonds. The minimum absolute atomic E-state index is 0.178. The number of aliphatic hydroxyl groups excluding tert-OH is 1. The average molecular weight is 360 g/mol. The average Bonchev–Trinajstić information content (AvgIpc) is 2.77. The van der Waals surface area contributed by atoms with Gasteiger partial charge in [-0.3, -0.25) is 14.3 Å². The molecule has 0 radical (unpaired) electrons. The first-order valence-corrected chi connectivity index (χ1v) is 10.6. The first kappa shape index (κ1) is 19.1. The van der Waals surface area contributed by atoms with E-state index in [0.717, 1.165) is 0 Å². The summed E-state index contributed by atoms with van der Waals surface area (Å²) in [5.74, 6) is -0.178. The lowest BCUT2D eigenvalue weighted by atomic mass is 10.00. The highest BCUT2D eigenvalue weighted by Gasteiger charge is 2.47. The Morgan fingerprint density at radius 2 is 2.08 bits per heavy atom. The standard InChI is InChI=1S/C15H25N2O6P/c1-8-6-17(15(20)16-13(8)19)14-12(22-3)10(18)11(23-14)9(2)7-24(4,5)21/h6,9-12,14,18H,7H2,1-5H3,(H,16,19,20)/t9-,10-,11?,12-,14-/m1/s1. The van der Waals surface area contributed by atoms with Crippen molar-refractivity contribution in [2.45, 2.75) is 38.4 Å². The first-order valence-electron chi connectivity index (χ1n) is 7.77. The predicted molar refractivity (Wildman–Crippen MR) is 90.3 cm³/mol. The van der Waals surface area contributed by atoms with E-state index in [1.165, 1.54) is 17.9 Å². The highest BCUT2D eigenvalue weighted by atomic mass is 31.2. The Bertz CT molecular complexity index is 751. The minimum Gasteiger partial charge on any atom is -0.387 e. The van der Waals surface area contributed by atoms with Gasteiger partial charge in [-0.05, 0) is 26.2 Å². The van der Waals surface area contributed by atoms with Gasteiger partial charge in [0, 0.05) is 25.0 Å². The first-order chi connectivity index (χ1) is 11.0. The molecule has 136 valence electrons. The van der Waals surface area contributed by atoms with Gasteiger partial charge in [0.2, 0.25) is 0 Å². The van der Waals surface area contributed by atoms with Gasteiger partial charge in [-0.1, -0.05) is 6.92 Å². The molecule has 0 saturated carbocycles. The third-order valence-electron chi connectivity index (χ3n) is 4.23. The molecule has 1 unspecified atom stereocenters. The summed E-state index contributed by atoms with van der Waals surface area (Å²) in [6.07, 6.45) is -1.42. The van der Waals surface area contributed by atoms with E-state index >= 15 is 0 Å². The van der Waals surface area contributed by atoms with E-state index in [1.54, 1.807) is 20.3 Å². The molecule has 8 nitrogen and oxygen atoms in total. The van der Waals surface area contributed by atoms with Crippen molar-refractivity contribution in [3.63, 3.8) is 0 Å². The number of rotatable bonds is 5. The highest BCUT2D eigenvalue weighted by molar-refractivity contribution is 7.62. The molecule has 2 rings (SSSR count). The van der Waals surface area contributed by atoms with Crippen LogP contribution in [0.1, 0.15) is 18.7 Å².